The molecule has 1 unspecified atom stereocenters. The predicted molar refractivity (Wildman–Crippen MR) is 123 cm³/mol. The van der Waals surface area contributed by atoms with E-state index in [4.69, 9.17) is 0 Å². The van der Waals surface area contributed by atoms with Crippen LogP contribution in [0.4, 0.5) is 0 Å². The number of hydrogen-bond donors (Lipinski definition) is 0. The van der Waals surface area contributed by atoms with Crippen LogP contribution < -0.4 is 20.0 Å². The Balaban J connectivity index is 0.000000569. The number of allylic oxidation sites excluding steroid dienone is 4. The largest absolute Gasteiger partial charge is 4.00 e. The zero-order valence-electron chi connectivity index (χ0n) is 18.5. The Labute approximate surface area is 200 Å². The zero-order valence-corrected chi connectivity index (χ0v) is 22.0. The molecule has 0 fully saturated rings. The van der Waals surface area contributed by atoms with Crippen molar-refractivity contribution in [2.45, 2.75) is 41.5 Å². The van der Waals surface area contributed by atoms with Crippen molar-refractivity contribution < 1.29 is 35.6 Å². The van der Waals surface area contributed by atoms with Gasteiger partial charge in [0, 0.05) is 0 Å². The summed E-state index contributed by atoms with van der Waals surface area (Å²) in [6.07, 6.45) is 3.44. The molecule has 4 rings (SSSR count). The van der Waals surface area contributed by atoms with Crippen LogP contribution >= 0.6 is 8.58 Å². The van der Waals surface area contributed by atoms with Crippen molar-refractivity contribution in [3.05, 3.63) is 89.0 Å². The Kier molecular flexibility index (Phi) is 11.4. The van der Waals surface area contributed by atoms with Gasteiger partial charge in [0.2, 0.25) is 0 Å². The molecule has 3 aromatic rings. The van der Waals surface area contributed by atoms with E-state index in [1.54, 1.807) is 0 Å². The Morgan fingerprint density at radius 1 is 0.867 bits per heavy atom. The van der Waals surface area contributed by atoms with E-state index in [0.29, 0.717) is 0 Å². The number of halogens is 2. The molecule has 0 bridgehead atoms. The summed E-state index contributed by atoms with van der Waals surface area (Å²) in [5, 5.41) is 5.58. The normalized spacial score (nSPS) is 14.4. The molecule has 1 aliphatic carbocycles. The molecular formula is C26H29F2PZr. The Hall–Kier alpha value is -1.30. The molecule has 0 amide bonds. The second kappa shape index (κ2) is 11.9. The van der Waals surface area contributed by atoms with E-state index in [1.165, 1.54) is 43.7 Å². The first-order valence-electron chi connectivity index (χ1n) is 9.56. The summed E-state index contributed by atoms with van der Waals surface area (Å²) in [6.45, 7) is 13.1. The molecule has 1 atom stereocenters. The average molecular weight is 502 g/mol. The summed E-state index contributed by atoms with van der Waals surface area (Å²) in [5.74, 6) is 0. The van der Waals surface area contributed by atoms with Gasteiger partial charge in [-0.3, -0.25) is 6.08 Å². The standard InChI is InChI=1S/C16H14P.C10H15.2FH.Zr/c1-12-6-2-5-9-16(12)17-15-10-13-7-3-4-8-14(13)11-15;1-7-6-10(4,5)9(3)8(7)2;;;/h2-11,17H,1H3;1-5H3;2*1H;/q2*-1;;;+4/p-2. The first-order valence-corrected chi connectivity index (χ1v) is 10.6. The minimum Gasteiger partial charge on any atom is -1.00 e. The molecule has 0 radical (unpaired) electrons. The molecule has 0 aromatic heterocycles. The number of hydrogen-bond acceptors (Lipinski definition) is 0. The van der Waals surface area contributed by atoms with Gasteiger partial charge in [-0.1, -0.05) is 72.0 Å². The van der Waals surface area contributed by atoms with Crippen LogP contribution in [0.15, 0.2) is 77.4 Å². The molecule has 156 valence electrons. The van der Waals surface area contributed by atoms with Crippen molar-refractivity contribution >= 4 is 30.0 Å². The van der Waals surface area contributed by atoms with Gasteiger partial charge in [0.15, 0.2) is 0 Å². The van der Waals surface area contributed by atoms with Gasteiger partial charge < -0.3 is 9.41 Å². The van der Waals surface area contributed by atoms with Gasteiger partial charge in [-0.2, -0.15) is 17.2 Å². The molecule has 0 spiro atoms. The van der Waals surface area contributed by atoms with Gasteiger partial charge in [-0.15, -0.1) is 47.3 Å². The summed E-state index contributed by atoms with van der Waals surface area (Å²) in [5.41, 5.74) is 5.78. The smallest absolute Gasteiger partial charge is 1.00 e. The van der Waals surface area contributed by atoms with E-state index < -0.39 is 0 Å². The fraction of sp³-hybridized carbons (Fsp3) is 0.269. The third-order valence-corrected chi connectivity index (χ3v) is 7.01. The molecule has 30 heavy (non-hydrogen) atoms. The van der Waals surface area contributed by atoms with Crippen LogP contribution in [0.3, 0.4) is 0 Å². The third kappa shape index (κ3) is 6.60. The molecule has 4 heteroatoms. The van der Waals surface area contributed by atoms with E-state index in [9.17, 15) is 0 Å². The van der Waals surface area contributed by atoms with Crippen LogP contribution in [0.5, 0.6) is 0 Å². The molecule has 0 saturated carbocycles. The summed E-state index contributed by atoms with van der Waals surface area (Å²) >= 11 is 0. The maximum atomic E-state index is 3.44. The number of benzene rings is 2. The summed E-state index contributed by atoms with van der Waals surface area (Å²) in [6, 6.07) is 21.8. The molecule has 0 N–H and O–H groups in total. The number of rotatable bonds is 2. The zero-order chi connectivity index (χ0) is 19.6. The maximum Gasteiger partial charge on any atom is 4.00 e. The SMILES string of the molecule is CC1=[C-]C(C)(C)C(C)=C1C.Cc1ccccc1Pc1cc2ccccc2[cH-]1.[F-].[F-].[Zr+4]. The number of fused-ring (bicyclic) bond motifs is 1. The minimum atomic E-state index is 0. The minimum absolute atomic E-state index is 0. The molecule has 0 saturated heterocycles. The summed E-state index contributed by atoms with van der Waals surface area (Å²) in [7, 11) is 0.759. The third-order valence-electron chi connectivity index (χ3n) is 5.60. The van der Waals surface area contributed by atoms with Gasteiger partial charge in [0.1, 0.15) is 0 Å². The van der Waals surface area contributed by atoms with E-state index >= 15 is 0 Å². The molecule has 0 heterocycles. The molecule has 0 nitrogen and oxygen atoms in total. The second-order valence-corrected chi connectivity index (χ2v) is 9.30. The van der Waals surface area contributed by atoms with Crippen LogP contribution in [0, 0.1) is 18.4 Å². The van der Waals surface area contributed by atoms with Crippen molar-refractivity contribution in [1.29, 1.82) is 0 Å². The van der Waals surface area contributed by atoms with Crippen LogP contribution in [-0.4, -0.2) is 0 Å². The number of aryl methyl sites for hydroxylation is 1. The van der Waals surface area contributed by atoms with E-state index in [0.717, 1.165) is 8.58 Å². The summed E-state index contributed by atoms with van der Waals surface area (Å²) < 4.78 is 0. The maximum absolute atomic E-state index is 3.44. The fourth-order valence-corrected chi connectivity index (χ4v) is 4.72. The summed E-state index contributed by atoms with van der Waals surface area (Å²) in [4.78, 5) is 0. The van der Waals surface area contributed by atoms with Gasteiger partial charge in [0.05, 0.1) is 0 Å². The molecule has 1 aliphatic rings. The topological polar surface area (TPSA) is 0 Å². The first-order chi connectivity index (χ1) is 12.8. The van der Waals surface area contributed by atoms with Gasteiger partial charge >= 0.3 is 26.2 Å². The molecule has 3 aromatic carbocycles. The Bertz CT molecular complexity index is 995. The first kappa shape index (κ1) is 28.7. The van der Waals surface area contributed by atoms with Crippen LogP contribution in [0.2, 0.25) is 0 Å². The van der Waals surface area contributed by atoms with Gasteiger partial charge in [-0.25, -0.2) is 5.57 Å². The van der Waals surface area contributed by atoms with E-state index in [2.05, 4.69) is 108 Å². The van der Waals surface area contributed by atoms with Crippen LogP contribution in [-0.2, 0) is 26.2 Å². The monoisotopic (exact) mass is 500 g/mol. The van der Waals surface area contributed by atoms with Crippen molar-refractivity contribution in [3.8, 4) is 0 Å². The van der Waals surface area contributed by atoms with Crippen LogP contribution in [0.1, 0.15) is 40.2 Å². The van der Waals surface area contributed by atoms with Gasteiger partial charge in [0.25, 0.3) is 0 Å². The molecular weight excluding hydrogens is 472 g/mol. The van der Waals surface area contributed by atoms with Crippen molar-refractivity contribution in [2.24, 2.45) is 5.41 Å². The van der Waals surface area contributed by atoms with Crippen LogP contribution in [0.25, 0.3) is 10.8 Å². The Morgan fingerprint density at radius 2 is 1.47 bits per heavy atom. The average Bonchev–Trinajstić information content (AvgIpc) is 3.11. The van der Waals surface area contributed by atoms with E-state index in [1.807, 2.05) is 0 Å². The fourth-order valence-electron chi connectivity index (χ4n) is 3.50. The van der Waals surface area contributed by atoms with E-state index in [-0.39, 0.29) is 41.0 Å². The Morgan fingerprint density at radius 3 is 1.97 bits per heavy atom. The second-order valence-electron chi connectivity index (χ2n) is 7.94. The quantitative estimate of drug-likeness (QED) is 0.357. The van der Waals surface area contributed by atoms with Crippen molar-refractivity contribution in [1.82, 2.24) is 0 Å². The predicted octanol–water partition coefficient (Wildman–Crippen LogP) is 0.614. The molecule has 0 aliphatic heterocycles. The van der Waals surface area contributed by atoms with Crippen molar-refractivity contribution in [2.75, 3.05) is 0 Å². The van der Waals surface area contributed by atoms with Gasteiger partial charge in [-0.05, 0) is 17.8 Å². The van der Waals surface area contributed by atoms with Crippen molar-refractivity contribution in [3.63, 3.8) is 0 Å².